The van der Waals surface area contributed by atoms with Gasteiger partial charge < -0.3 is 24.9 Å². The molecule has 1 aromatic heterocycles. The van der Waals surface area contributed by atoms with Crippen LogP contribution in [0.5, 0.6) is 0 Å². The number of nitrogens with one attached hydrogen (secondary N) is 2. The molecule has 136 valence electrons. The van der Waals surface area contributed by atoms with Crippen LogP contribution in [0.15, 0.2) is 34.7 Å². The summed E-state index contributed by atoms with van der Waals surface area (Å²) in [7, 11) is 0. The molecule has 0 saturated carbocycles. The number of carbonyl (C=O) groups excluding carboxylic acids is 1. The molecular formula is C19H26N2O4. The maximum absolute atomic E-state index is 12.2. The Morgan fingerprint density at radius 1 is 1.32 bits per heavy atom. The zero-order valence-corrected chi connectivity index (χ0v) is 15.2. The molecule has 0 spiro atoms. The van der Waals surface area contributed by atoms with E-state index in [9.17, 15) is 9.90 Å². The Kier molecular flexibility index (Phi) is 6.22. The Morgan fingerprint density at radius 2 is 2.04 bits per heavy atom. The molecule has 0 saturated heterocycles. The molecule has 0 aliphatic rings. The second-order valence-electron chi connectivity index (χ2n) is 6.20. The van der Waals surface area contributed by atoms with Crippen LogP contribution in [0.1, 0.15) is 36.5 Å². The van der Waals surface area contributed by atoms with Crippen LogP contribution in [0, 0.1) is 13.8 Å². The van der Waals surface area contributed by atoms with E-state index in [1.165, 1.54) is 0 Å². The smallest absolute Gasteiger partial charge is 0.319 e. The Bertz CT molecular complexity index is 722. The second kappa shape index (κ2) is 8.18. The van der Waals surface area contributed by atoms with Gasteiger partial charge >= 0.3 is 6.03 Å². The summed E-state index contributed by atoms with van der Waals surface area (Å²) in [6.07, 6.45) is 0. The summed E-state index contributed by atoms with van der Waals surface area (Å²) in [4.78, 5) is 12.2. The summed E-state index contributed by atoms with van der Waals surface area (Å²) in [6, 6.07) is 8.86. The van der Waals surface area contributed by atoms with Gasteiger partial charge in [-0.25, -0.2) is 4.79 Å². The Hall–Kier alpha value is -2.31. The van der Waals surface area contributed by atoms with Gasteiger partial charge in [0.15, 0.2) is 0 Å². The zero-order chi connectivity index (χ0) is 18.4. The summed E-state index contributed by atoms with van der Waals surface area (Å²) in [6.45, 7) is 8.28. The highest BCUT2D eigenvalue weighted by Crippen LogP contribution is 2.26. The van der Waals surface area contributed by atoms with Gasteiger partial charge in [0.25, 0.3) is 0 Å². The van der Waals surface area contributed by atoms with Gasteiger partial charge in [-0.2, -0.15) is 0 Å². The van der Waals surface area contributed by atoms with E-state index in [-0.39, 0.29) is 12.6 Å². The first-order valence-electron chi connectivity index (χ1n) is 8.34. The maximum Gasteiger partial charge on any atom is 0.319 e. The van der Waals surface area contributed by atoms with E-state index in [0.717, 1.165) is 11.3 Å². The monoisotopic (exact) mass is 346 g/mol. The molecule has 2 rings (SSSR count). The summed E-state index contributed by atoms with van der Waals surface area (Å²) >= 11 is 0. The van der Waals surface area contributed by atoms with Crippen molar-refractivity contribution in [3.05, 3.63) is 53.0 Å². The van der Waals surface area contributed by atoms with Crippen molar-refractivity contribution in [3.63, 3.8) is 0 Å². The van der Waals surface area contributed by atoms with Gasteiger partial charge in [-0.3, -0.25) is 0 Å². The standard InChI is InChI=1S/C19H26N2O4/c1-5-24-11-15-8-6-7-9-17(15)21-18(22)20-12-19(4,23)16-10-13(2)25-14(16)3/h6-10,23H,5,11-12H2,1-4H3,(H2,20,21,22)/t19-/m1/s1. The minimum atomic E-state index is -1.22. The molecular weight excluding hydrogens is 320 g/mol. The van der Waals surface area contributed by atoms with Crippen LogP contribution in [0.3, 0.4) is 0 Å². The van der Waals surface area contributed by atoms with Crippen molar-refractivity contribution >= 4 is 11.7 Å². The molecule has 0 unspecified atom stereocenters. The third kappa shape index (κ3) is 5.08. The summed E-state index contributed by atoms with van der Waals surface area (Å²) in [5.74, 6) is 1.37. The van der Waals surface area contributed by atoms with Gasteiger partial charge in [-0.1, -0.05) is 18.2 Å². The number of furan rings is 1. The number of urea groups is 1. The van der Waals surface area contributed by atoms with Crippen molar-refractivity contribution in [3.8, 4) is 0 Å². The van der Waals surface area contributed by atoms with Crippen molar-refractivity contribution in [2.45, 2.75) is 39.9 Å². The van der Waals surface area contributed by atoms with Crippen LogP contribution in [0.25, 0.3) is 0 Å². The lowest BCUT2D eigenvalue weighted by molar-refractivity contribution is 0.0584. The molecule has 6 heteroatoms. The normalized spacial score (nSPS) is 13.3. The van der Waals surface area contributed by atoms with Gasteiger partial charge in [0, 0.05) is 23.4 Å². The first-order chi connectivity index (χ1) is 11.8. The predicted molar refractivity (Wildman–Crippen MR) is 96.5 cm³/mol. The highest BCUT2D eigenvalue weighted by Gasteiger charge is 2.28. The fourth-order valence-corrected chi connectivity index (χ4v) is 2.66. The lowest BCUT2D eigenvalue weighted by atomic mass is 9.96. The Labute approximate surface area is 148 Å². The number of para-hydroxylation sites is 1. The third-order valence-corrected chi connectivity index (χ3v) is 3.94. The van der Waals surface area contributed by atoms with Crippen molar-refractivity contribution in [1.29, 1.82) is 0 Å². The molecule has 3 N–H and O–H groups in total. The minimum Gasteiger partial charge on any atom is -0.466 e. The molecule has 6 nitrogen and oxygen atoms in total. The van der Waals surface area contributed by atoms with E-state index in [4.69, 9.17) is 9.15 Å². The van der Waals surface area contributed by atoms with Gasteiger partial charge in [0.1, 0.15) is 17.1 Å². The lowest BCUT2D eigenvalue weighted by Crippen LogP contribution is -2.40. The van der Waals surface area contributed by atoms with E-state index in [0.29, 0.717) is 30.2 Å². The number of ether oxygens (including phenoxy) is 1. The average molecular weight is 346 g/mol. The third-order valence-electron chi connectivity index (χ3n) is 3.94. The molecule has 2 aromatic rings. The van der Waals surface area contributed by atoms with E-state index in [1.807, 2.05) is 38.1 Å². The number of amides is 2. The molecule has 0 radical (unpaired) electrons. The molecule has 0 bridgehead atoms. The number of benzene rings is 1. The summed E-state index contributed by atoms with van der Waals surface area (Å²) in [5.41, 5.74) is 1.03. The van der Waals surface area contributed by atoms with Gasteiger partial charge in [-0.15, -0.1) is 0 Å². The predicted octanol–water partition coefficient (Wildman–Crippen LogP) is 3.46. The molecule has 1 atom stereocenters. The Balaban J connectivity index is 1.98. The highest BCUT2D eigenvalue weighted by atomic mass is 16.5. The van der Waals surface area contributed by atoms with Crippen LogP contribution in [-0.2, 0) is 16.9 Å². The molecule has 2 amide bonds. The minimum absolute atomic E-state index is 0.0618. The second-order valence-corrected chi connectivity index (χ2v) is 6.20. The average Bonchev–Trinajstić information content (AvgIpc) is 2.92. The summed E-state index contributed by atoms with van der Waals surface area (Å²) in [5, 5.41) is 16.1. The number of hydrogen-bond donors (Lipinski definition) is 3. The number of aliphatic hydroxyl groups is 1. The van der Waals surface area contributed by atoms with Crippen molar-refractivity contribution in [2.24, 2.45) is 0 Å². The molecule has 1 heterocycles. The van der Waals surface area contributed by atoms with Crippen molar-refractivity contribution in [1.82, 2.24) is 5.32 Å². The van der Waals surface area contributed by atoms with Crippen LogP contribution >= 0.6 is 0 Å². The summed E-state index contributed by atoms with van der Waals surface area (Å²) < 4.78 is 10.9. The fraction of sp³-hybridized carbons (Fsp3) is 0.421. The first kappa shape index (κ1) is 19.0. The number of carbonyl (C=O) groups is 1. The van der Waals surface area contributed by atoms with E-state index in [2.05, 4.69) is 10.6 Å². The van der Waals surface area contributed by atoms with Crippen LogP contribution < -0.4 is 10.6 Å². The number of aryl methyl sites for hydroxylation is 2. The maximum atomic E-state index is 12.2. The van der Waals surface area contributed by atoms with Gasteiger partial charge in [0.2, 0.25) is 0 Å². The lowest BCUT2D eigenvalue weighted by Gasteiger charge is -2.23. The molecule has 0 fully saturated rings. The fourth-order valence-electron chi connectivity index (χ4n) is 2.66. The van der Waals surface area contributed by atoms with Crippen molar-refractivity contribution < 1.29 is 19.1 Å². The largest absolute Gasteiger partial charge is 0.466 e. The van der Waals surface area contributed by atoms with Gasteiger partial charge in [-0.05, 0) is 39.8 Å². The van der Waals surface area contributed by atoms with E-state index in [1.54, 1.807) is 19.9 Å². The van der Waals surface area contributed by atoms with E-state index < -0.39 is 5.60 Å². The highest BCUT2D eigenvalue weighted by molar-refractivity contribution is 5.90. The van der Waals surface area contributed by atoms with E-state index >= 15 is 0 Å². The topological polar surface area (TPSA) is 83.7 Å². The van der Waals surface area contributed by atoms with Gasteiger partial charge in [0.05, 0.1) is 13.2 Å². The number of anilines is 1. The molecule has 1 aromatic carbocycles. The zero-order valence-electron chi connectivity index (χ0n) is 15.2. The molecule has 0 aliphatic carbocycles. The Morgan fingerprint density at radius 3 is 2.68 bits per heavy atom. The van der Waals surface area contributed by atoms with Crippen LogP contribution in [0.2, 0.25) is 0 Å². The van der Waals surface area contributed by atoms with Crippen LogP contribution in [-0.4, -0.2) is 24.3 Å². The number of rotatable bonds is 7. The molecule has 25 heavy (non-hydrogen) atoms. The first-order valence-corrected chi connectivity index (χ1v) is 8.34. The van der Waals surface area contributed by atoms with Crippen LogP contribution in [0.4, 0.5) is 10.5 Å². The van der Waals surface area contributed by atoms with Crippen molar-refractivity contribution in [2.75, 3.05) is 18.5 Å². The SMILES string of the molecule is CCOCc1ccccc1NC(=O)NC[C@@](C)(O)c1cc(C)oc1C. The molecule has 0 aliphatic heterocycles. The number of hydrogen-bond acceptors (Lipinski definition) is 4. The quantitative estimate of drug-likeness (QED) is 0.717.